The molecule has 0 radical (unpaired) electrons. The van der Waals surface area contributed by atoms with E-state index in [1.165, 1.54) is 0 Å². The van der Waals surface area contributed by atoms with Gasteiger partial charge in [0.05, 0.1) is 6.04 Å². The van der Waals surface area contributed by atoms with Crippen LogP contribution in [0.25, 0.3) is 0 Å². The Bertz CT molecular complexity index is 101. The van der Waals surface area contributed by atoms with Crippen LogP contribution in [0.4, 0.5) is 0 Å². The van der Waals surface area contributed by atoms with E-state index in [4.69, 9.17) is 4.84 Å². The first-order valence-corrected chi connectivity index (χ1v) is 2.91. The number of hydroxylamine groups is 2. The van der Waals surface area contributed by atoms with Crippen molar-refractivity contribution in [1.29, 1.82) is 0 Å². The Kier molecular flexibility index (Phi) is 1.53. The lowest BCUT2D eigenvalue weighted by Gasteiger charge is -2.14. The SMILES string of the molecule is CCC1C=CON1C. The summed E-state index contributed by atoms with van der Waals surface area (Å²) >= 11 is 0. The highest BCUT2D eigenvalue weighted by Crippen LogP contribution is 2.10. The molecule has 1 atom stereocenters. The van der Waals surface area contributed by atoms with Crippen molar-refractivity contribution in [2.24, 2.45) is 0 Å². The zero-order valence-electron chi connectivity index (χ0n) is 5.29. The van der Waals surface area contributed by atoms with E-state index >= 15 is 0 Å². The van der Waals surface area contributed by atoms with Crippen molar-refractivity contribution >= 4 is 0 Å². The van der Waals surface area contributed by atoms with E-state index in [-0.39, 0.29) is 0 Å². The van der Waals surface area contributed by atoms with Gasteiger partial charge in [-0.05, 0) is 12.5 Å². The molecular weight excluding hydrogens is 102 g/mol. The van der Waals surface area contributed by atoms with E-state index in [1.54, 1.807) is 6.26 Å². The van der Waals surface area contributed by atoms with Crippen LogP contribution in [0.3, 0.4) is 0 Å². The zero-order valence-corrected chi connectivity index (χ0v) is 5.29. The van der Waals surface area contributed by atoms with Gasteiger partial charge in [-0.3, -0.25) is 0 Å². The smallest absolute Gasteiger partial charge is 0.109 e. The van der Waals surface area contributed by atoms with E-state index in [1.807, 2.05) is 12.1 Å². The average Bonchev–Trinajstić information content (AvgIpc) is 2.14. The highest BCUT2D eigenvalue weighted by atomic mass is 16.7. The van der Waals surface area contributed by atoms with Gasteiger partial charge in [-0.2, -0.15) is 0 Å². The lowest BCUT2D eigenvalue weighted by atomic mass is 10.2. The van der Waals surface area contributed by atoms with Crippen LogP contribution in [0, 0.1) is 0 Å². The number of hydrogen-bond donors (Lipinski definition) is 0. The molecule has 2 nitrogen and oxygen atoms in total. The summed E-state index contributed by atoms with van der Waals surface area (Å²) in [6.45, 7) is 2.14. The van der Waals surface area contributed by atoms with E-state index in [0.29, 0.717) is 6.04 Å². The van der Waals surface area contributed by atoms with Crippen LogP contribution in [0.2, 0.25) is 0 Å². The molecule has 0 aromatic carbocycles. The van der Waals surface area contributed by atoms with Gasteiger partial charge in [-0.15, -0.1) is 5.06 Å². The molecule has 0 aliphatic carbocycles. The first kappa shape index (κ1) is 5.63. The Morgan fingerprint density at radius 3 is 2.75 bits per heavy atom. The highest BCUT2D eigenvalue weighted by molar-refractivity contribution is 4.91. The third kappa shape index (κ3) is 0.842. The van der Waals surface area contributed by atoms with E-state index < -0.39 is 0 Å². The molecule has 1 aliphatic heterocycles. The monoisotopic (exact) mass is 113 g/mol. The minimum absolute atomic E-state index is 0.495. The molecule has 46 valence electrons. The quantitative estimate of drug-likeness (QED) is 0.506. The Balaban J connectivity index is 2.41. The minimum atomic E-state index is 0.495. The zero-order chi connectivity index (χ0) is 5.98. The first-order chi connectivity index (χ1) is 3.84. The third-order valence-corrected chi connectivity index (χ3v) is 1.41. The second-order valence-corrected chi connectivity index (χ2v) is 1.96. The Morgan fingerprint density at radius 1 is 1.75 bits per heavy atom. The second-order valence-electron chi connectivity index (χ2n) is 1.96. The molecule has 1 aliphatic rings. The number of likely N-dealkylation sites (N-methyl/N-ethyl adjacent to an activating group) is 1. The molecule has 0 bridgehead atoms. The Hall–Kier alpha value is -0.500. The second kappa shape index (κ2) is 2.18. The normalized spacial score (nSPS) is 28.5. The average molecular weight is 113 g/mol. The molecule has 0 aromatic rings. The van der Waals surface area contributed by atoms with Gasteiger partial charge < -0.3 is 4.84 Å². The van der Waals surface area contributed by atoms with Crippen LogP contribution in [-0.2, 0) is 4.84 Å². The van der Waals surface area contributed by atoms with E-state index in [2.05, 4.69) is 13.0 Å². The van der Waals surface area contributed by atoms with E-state index in [9.17, 15) is 0 Å². The van der Waals surface area contributed by atoms with Crippen LogP contribution in [0.15, 0.2) is 12.3 Å². The summed E-state index contributed by atoms with van der Waals surface area (Å²) in [5.74, 6) is 0. The van der Waals surface area contributed by atoms with Gasteiger partial charge in [0.25, 0.3) is 0 Å². The largest absolute Gasteiger partial charge is 0.414 e. The number of rotatable bonds is 1. The summed E-state index contributed by atoms with van der Waals surface area (Å²) in [6, 6.07) is 0.495. The first-order valence-electron chi connectivity index (χ1n) is 2.91. The van der Waals surface area contributed by atoms with Gasteiger partial charge in [0.15, 0.2) is 0 Å². The fourth-order valence-electron chi connectivity index (χ4n) is 0.814. The van der Waals surface area contributed by atoms with Crippen LogP contribution in [0.1, 0.15) is 13.3 Å². The summed E-state index contributed by atoms with van der Waals surface area (Å²) in [5, 5.41) is 1.85. The van der Waals surface area contributed by atoms with Gasteiger partial charge in [0, 0.05) is 7.05 Å². The lowest BCUT2D eigenvalue weighted by Crippen LogP contribution is -2.22. The fourth-order valence-corrected chi connectivity index (χ4v) is 0.814. The van der Waals surface area contributed by atoms with Gasteiger partial charge in [0.1, 0.15) is 6.26 Å². The van der Waals surface area contributed by atoms with Crippen LogP contribution in [-0.4, -0.2) is 18.2 Å². The molecular formula is C6H11NO. The van der Waals surface area contributed by atoms with Crippen LogP contribution >= 0.6 is 0 Å². The van der Waals surface area contributed by atoms with Crippen molar-refractivity contribution in [2.45, 2.75) is 19.4 Å². The maximum absolute atomic E-state index is 5.01. The molecule has 1 heterocycles. The molecule has 0 amide bonds. The van der Waals surface area contributed by atoms with Crippen molar-refractivity contribution in [2.75, 3.05) is 7.05 Å². The van der Waals surface area contributed by atoms with Crippen molar-refractivity contribution < 1.29 is 4.84 Å². The maximum atomic E-state index is 5.01. The number of hydrogen-bond acceptors (Lipinski definition) is 2. The molecule has 0 spiro atoms. The number of nitrogens with zero attached hydrogens (tertiary/aromatic N) is 1. The van der Waals surface area contributed by atoms with Gasteiger partial charge in [-0.25, -0.2) is 0 Å². The summed E-state index contributed by atoms with van der Waals surface area (Å²) in [7, 11) is 1.94. The lowest BCUT2D eigenvalue weighted by molar-refractivity contribution is -0.0792. The van der Waals surface area contributed by atoms with Crippen molar-refractivity contribution in [1.82, 2.24) is 5.06 Å². The topological polar surface area (TPSA) is 12.5 Å². The Morgan fingerprint density at radius 2 is 2.50 bits per heavy atom. The minimum Gasteiger partial charge on any atom is -0.414 e. The molecule has 0 N–H and O–H groups in total. The molecule has 8 heavy (non-hydrogen) atoms. The molecule has 0 aromatic heterocycles. The van der Waals surface area contributed by atoms with Gasteiger partial charge in [0.2, 0.25) is 0 Å². The summed E-state index contributed by atoms with van der Waals surface area (Å²) in [6.07, 6.45) is 4.90. The molecule has 0 fully saturated rings. The predicted octanol–water partition coefficient (Wildman–Crippen LogP) is 1.16. The van der Waals surface area contributed by atoms with Crippen molar-refractivity contribution in [3.8, 4) is 0 Å². The highest BCUT2D eigenvalue weighted by Gasteiger charge is 2.13. The molecule has 1 unspecified atom stereocenters. The van der Waals surface area contributed by atoms with Crippen LogP contribution < -0.4 is 0 Å². The molecule has 0 saturated carbocycles. The Labute approximate surface area is 49.7 Å². The molecule has 2 heteroatoms. The van der Waals surface area contributed by atoms with E-state index in [0.717, 1.165) is 6.42 Å². The van der Waals surface area contributed by atoms with Crippen molar-refractivity contribution in [3.05, 3.63) is 12.3 Å². The van der Waals surface area contributed by atoms with Gasteiger partial charge >= 0.3 is 0 Å². The maximum Gasteiger partial charge on any atom is 0.109 e. The standard InChI is InChI=1S/C6H11NO/c1-3-6-4-5-8-7(6)2/h4-6H,3H2,1-2H3. The summed E-state index contributed by atoms with van der Waals surface area (Å²) in [4.78, 5) is 5.01. The van der Waals surface area contributed by atoms with Crippen LogP contribution in [0.5, 0.6) is 0 Å². The summed E-state index contributed by atoms with van der Waals surface area (Å²) in [5.41, 5.74) is 0. The third-order valence-electron chi connectivity index (χ3n) is 1.41. The fraction of sp³-hybridized carbons (Fsp3) is 0.667. The predicted molar refractivity (Wildman–Crippen MR) is 32.1 cm³/mol. The molecule has 0 saturated heterocycles. The van der Waals surface area contributed by atoms with Gasteiger partial charge in [-0.1, -0.05) is 6.92 Å². The molecule has 1 rings (SSSR count). The summed E-state index contributed by atoms with van der Waals surface area (Å²) < 4.78 is 0. The van der Waals surface area contributed by atoms with Crippen molar-refractivity contribution in [3.63, 3.8) is 0 Å².